The minimum atomic E-state index is -0.300. The number of carbonyl (C=O) groups is 2. The van der Waals surface area contributed by atoms with Crippen molar-refractivity contribution in [3.05, 3.63) is 22.3 Å². The summed E-state index contributed by atoms with van der Waals surface area (Å²) in [6.07, 6.45) is 1.66. The van der Waals surface area contributed by atoms with Crippen LogP contribution in [-0.2, 0) is 9.59 Å². The molecule has 84 valence electrons. The monoisotopic (exact) mass is 283 g/mol. The van der Waals surface area contributed by atoms with Crippen LogP contribution in [0.15, 0.2) is 16.7 Å². The summed E-state index contributed by atoms with van der Waals surface area (Å²) >= 11 is 3.41. The van der Waals surface area contributed by atoms with Gasteiger partial charge in [-0.3, -0.25) is 14.9 Å². The minimum absolute atomic E-state index is 0.154. The van der Waals surface area contributed by atoms with Crippen LogP contribution in [0, 0.1) is 6.92 Å². The van der Waals surface area contributed by atoms with Gasteiger partial charge in [0.2, 0.25) is 11.8 Å². The number of nitrogens with one attached hydrogen (secondary N) is 1. The summed E-state index contributed by atoms with van der Waals surface area (Å²) in [6, 6.07) is 1.86. The Labute approximate surface area is 101 Å². The van der Waals surface area contributed by atoms with E-state index in [0.29, 0.717) is 5.82 Å². The molecule has 1 saturated heterocycles. The first-order chi connectivity index (χ1) is 7.58. The normalized spacial score (nSPS) is 16.2. The van der Waals surface area contributed by atoms with Crippen molar-refractivity contribution >= 4 is 33.6 Å². The number of aromatic nitrogens is 1. The van der Waals surface area contributed by atoms with Crippen molar-refractivity contribution in [2.24, 2.45) is 0 Å². The lowest BCUT2D eigenvalue weighted by Crippen LogP contribution is -2.51. The molecular formula is C10H10BrN3O2. The molecule has 1 fully saturated rings. The summed E-state index contributed by atoms with van der Waals surface area (Å²) in [5.41, 5.74) is 1.02. The van der Waals surface area contributed by atoms with Gasteiger partial charge in [0.05, 0.1) is 17.6 Å². The van der Waals surface area contributed by atoms with Gasteiger partial charge in [-0.15, -0.1) is 0 Å². The molecule has 1 aromatic rings. The summed E-state index contributed by atoms with van der Waals surface area (Å²) in [5.74, 6) is 0.0288. The number of aryl methyl sites for hydroxylation is 1. The number of hydrogen-bond acceptors (Lipinski definition) is 4. The summed E-state index contributed by atoms with van der Waals surface area (Å²) in [5, 5.41) is 2.25. The maximum Gasteiger partial charge on any atom is 0.246 e. The lowest BCUT2D eigenvalue weighted by atomic mass is 10.2. The Kier molecular flexibility index (Phi) is 2.91. The van der Waals surface area contributed by atoms with Crippen LogP contribution in [-0.4, -0.2) is 29.9 Å². The highest BCUT2D eigenvalue weighted by atomic mass is 79.9. The topological polar surface area (TPSA) is 62.3 Å². The van der Waals surface area contributed by atoms with Crippen molar-refractivity contribution in [2.45, 2.75) is 6.92 Å². The largest absolute Gasteiger partial charge is 0.337 e. The Hall–Kier alpha value is -1.43. The molecule has 0 bridgehead atoms. The molecule has 1 N–H and O–H groups in total. The third-order valence-corrected chi connectivity index (χ3v) is 3.29. The van der Waals surface area contributed by atoms with Crippen molar-refractivity contribution in [1.82, 2.24) is 10.3 Å². The Balaban J connectivity index is 2.33. The zero-order valence-electron chi connectivity index (χ0n) is 8.66. The van der Waals surface area contributed by atoms with Gasteiger partial charge in [0.1, 0.15) is 5.82 Å². The van der Waals surface area contributed by atoms with E-state index in [4.69, 9.17) is 0 Å². The maximum atomic E-state index is 11.2. The van der Waals surface area contributed by atoms with E-state index in [-0.39, 0.29) is 24.9 Å². The molecule has 0 spiro atoms. The average molecular weight is 284 g/mol. The van der Waals surface area contributed by atoms with Crippen LogP contribution in [0.4, 0.5) is 5.82 Å². The van der Waals surface area contributed by atoms with Gasteiger partial charge in [0.25, 0.3) is 0 Å². The molecule has 0 aliphatic carbocycles. The van der Waals surface area contributed by atoms with E-state index in [1.54, 1.807) is 11.1 Å². The standard InChI is InChI=1S/C10H10BrN3O2/c1-6-2-3-12-10(9(6)11)14-4-7(15)13-8(16)5-14/h2-3H,4-5H2,1H3,(H,13,15,16). The van der Waals surface area contributed by atoms with Crippen LogP contribution in [0.25, 0.3) is 0 Å². The number of pyridine rings is 1. The number of carbonyl (C=O) groups excluding carboxylic acids is 2. The van der Waals surface area contributed by atoms with Gasteiger partial charge in [0, 0.05) is 6.20 Å². The van der Waals surface area contributed by atoms with Crippen molar-refractivity contribution in [1.29, 1.82) is 0 Å². The second-order valence-electron chi connectivity index (χ2n) is 3.59. The fraction of sp³-hybridized carbons (Fsp3) is 0.300. The third-order valence-electron chi connectivity index (χ3n) is 2.31. The van der Waals surface area contributed by atoms with E-state index in [0.717, 1.165) is 10.0 Å². The van der Waals surface area contributed by atoms with Gasteiger partial charge in [0.15, 0.2) is 0 Å². The molecule has 0 atom stereocenters. The maximum absolute atomic E-state index is 11.2. The molecular weight excluding hydrogens is 274 g/mol. The summed E-state index contributed by atoms with van der Waals surface area (Å²) < 4.78 is 0.817. The first kappa shape index (κ1) is 11.1. The highest BCUT2D eigenvalue weighted by Gasteiger charge is 2.25. The molecule has 6 heteroatoms. The predicted octanol–water partition coefficient (Wildman–Crippen LogP) is 0.615. The number of hydrogen-bond donors (Lipinski definition) is 1. The Morgan fingerprint density at radius 2 is 2.00 bits per heavy atom. The van der Waals surface area contributed by atoms with Crippen molar-refractivity contribution in [3.63, 3.8) is 0 Å². The molecule has 1 aromatic heterocycles. The van der Waals surface area contributed by atoms with Gasteiger partial charge in [-0.1, -0.05) is 0 Å². The zero-order chi connectivity index (χ0) is 11.7. The molecule has 0 unspecified atom stereocenters. The minimum Gasteiger partial charge on any atom is -0.337 e. The quantitative estimate of drug-likeness (QED) is 0.768. The highest BCUT2D eigenvalue weighted by molar-refractivity contribution is 9.10. The SMILES string of the molecule is Cc1ccnc(N2CC(=O)NC(=O)C2)c1Br. The zero-order valence-corrected chi connectivity index (χ0v) is 10.2. The number of piperazine rings is 1. The fourth-order valence-corrected chi connectivity index (χ4v) is 2.02. The number of imide groups is 1. The van der Waals surface area contributed by atoms with Gasteiger partial charge in [-0.05, 0) is 34.5 Å². The molecule has 0 saturated carbocycles. The molecule has 16 heavy (non-hydrogen) atoms. The molecule has 1 aliphatic heterocycles. The summed E-state index contributed by atoms with van der Waals surface area (Å²) in [7, 11) is 0. The highest BCUT2D eigenvalue weighted by Crippen LogP contribution is 2.26. The lowest BCUT2D eigenvalue weighted by molar-refractivity contribution is -0.130. The first-order valence-electron chi connectivity index (χ1n) is 4.76. The second kappa shape index (κ2) is 4.21. The van der Waals surface area contributed by atoms with Crippen LogP contribution in [0.2, 0.25) is 0 Å². The van der Waals surface area contributed by atoms with Crippen molar-refractivity contribution in [2.75, 3.05) is 18.0 Å². The van der Waals surface area contributed by atoms with E-state index in [2.05, 4.69) is 26.2 Å². The molecule has 0 aromatic carbocycles. The van der Waals surface area contributed by atoms with Crippen LogP contribution in [0.5, 0.6) is 0 Å². The predicted molar refractivity (Wildman–Crippen MR) is 62.0 cm³/mol. The number of anilines is 1. The van der Waals surface area contributed by atoms with Crippen LogP contribution in [0.1, 0.15) is 5.56 Å². The first-order valence-corrected chi connectivity index (χ1v) is 5.56. The molecule has 1 aliphatic rings. The van der Waals surface area contributed by atoms with Gasteiger partial charge in [-0.2, -0.15) is 0 Å². The third kappa shape index (κ3) is 2.06. The van der Waals surface area contributed by atoms with Crippen LogP contribution < -0.4 is 10.2 Å². The lowest BCUT2D eigenvalue weighted by Gasteiger charge is -2.27. The van der Waals surface area contributed by atoms with Crippen LogP contribution in [0.3, 0.4) is 0 Å². The number of halogens is 1. The van der Waals surface area contributed by atoms with Crippen LogP contribution >= 0.6 is 15.9 Å². The van der Waals surface area contributed by atoms with E-state index in [9.17, 15) is 9.59 Å². The number of nitrogens with zero attached hydrogens (tertiary/aromatic N) is 2. The number of rotatable bonds is 1. The molecule has 2 amide bonds. The Bertz CT molecular complexity index is 445. The van der Waals surface area contributed by atoms with E-state index >= 15 is 0 Å². The summed E-state index contributed by atoms with van der Waals surface area (Å²) in [4.78, 5) is 28.3. The average Bonchev–Trinajstić information content (AvgIpc) is 2.20. The smallest absolute Gasteiger partial charge is 0.246 e. The Morgan fingerprint density at radius 1 is 1.38 bits per heavy atom. The van der Waals surface area contributed by atoms with Gasteiger partial charge >= 0.3 is 0 Å². The Morgan fingerprint density at radius 3 is 2.62 bits per heavy atom. The molecule has 5 nitrogen and oxygen atoms in total. The van der Waals surface area contributed by atoms with Crippen molar-refractivity contribution < 1.29 is 9.59 Å². The number of amides is 2. The fourth-order valence-electron chi connectivity index (χ4n) is 1.53. The molecule has 0 radical (unpaired) electrons. The second-order valence-corrected chi connectivity index (χ2v) is 4.39. The van der Waals surface area contributed by atoms with E-state index in [1.807, 2.05) is 13.0 Å². The van der Waals surface area contributed by atoms with Gasteiger partial charge in [-0.25, -0.2) is 4.98 Å². The molecule has 2 rings (SSSR count). The van der Waals surface area contributed by atoms with E-state index in [1.165, 1.54) is 0 Å². The van der Waals surface area contributed by atoms with Gasteiger partial charge < -0.3 is 4.90 Å². The van der Waals surface area contributed by atoms with Crippen molar-refractivity contribution in [3.8, 4) is 0 Å². The summed E-state index contributed by atoms with van der Waals surface area (Å²) in [6.45, 7) is 2.24. The molecule has 2 heterocycles. The van der Waals surface area contributed by atoms with E-state index < -0.39 is 0 Å².